The molecule has 8 heteroatoms. The highest BCUT2D eigenvalue weighted by atomic mass is 16.6. The van der Waals surface area contributed by atoms with Crippen molar-refractivity contribution in [1.82, 2.24) is 10.2 Å². The van der Waals surface area contributed by atoms with E-state index < -0.39 is 22.4 Å². The highest BCUT2D eigenvalue weighted by molar-refractivity contribution is 6.06. The van der Waals surface area contributed by atoms with Crippen LogP contribution in [0.1, 0.15) is 23.8 Å². The first-order valence-electron chi connectivity index (χ1n) is 7.25. The number of carbonyl (C=O) groups excluding carboxylic acids is 2. The predicted octanol–water partition coefficient (Wildman–Crippen LogP) is 2.46. The summed E-state index contributed by atoms with van der Waals surface area (Å²) in [6, 6.07) is 7.26. The molecule has 0 bridgehead atoms. The van der Waals surface area contributed by atoms with Gasteiger partial charge in [0.25, 0.3) is 11.6 Å². The van der Waals surface area contributed by atoms with Gasteiger partial charge in [-0.15, -0.1) is 0 Å². The maximum absolute atomic E-state index is 12.7. The smallest absolute Gasteiger partial charge is 0.325 e. The number of hydrogen-bond donors (Lipinski definition) is 1. The van der Waals surface area contributed by atoms with Crippen LogP contribution < -0.4 is 5.32 Å². The molecule has 3 rings (SSSR count). The van der Waals surface area contributed by atoms with Crippen molar-refractivity contribution in [2.75, 3.05) is 0 Å². The Balaban J connectivity index is 1.92. The van der Waals surface area contributed by atoms with E-state index in [4.69, 9.17) is 4.42 Å². The molecule has 1 aromatic carbocycles. The second-order valence-corrected chi connectivity index (χ2v) is 5.74. The van der Waals surface area contributed by atoms with Crippen LogP contribution in [-0.4, -0.2) is 21.8 Å². The maximum atomic E-state index is 12.7. The highest BCUT2D eigenvalue weighted by Crippen LogP contribution is 2.31. The van der Waals surface area contributed by atoms with E-state index >= 15 is 0 Å². The van der Waals surface area contributed by atoms with Gasteiger partial charge in [0.2, 0.25) is 0 Å². The molecule has 1 aliphatic rings. The summed E-state index contributed by atoms with van der Waals surface area (Å²) in [6.45, 7) is 3.11. The number of benzene rings is 1. The number of carbonyl (C=O) groups is 2. The fourth-order valence-electron chi connectivity index (χ4n) is 2.78. The Labute approximate surface area is 137 Å². The fourth-order valence-corrected chi connectivity index (χ4v) is 2.78. The summed E-state index contributed by atoms with van der Waals surface area (Å²) in [5.41, 5.74) is -0.366. The molecule has 8 nitrogen and oxygen atoms in total. The van der Waals surface area contributed by atoms with E-state index in [2.05, 4.69) is 5.32 Å². The van der Waals surface area contributed by atoms with Crippen molar-refractivity contribution in [1.29, 1.82) is 0 Å². The number of furan rings is 1. The van der Waals surface area contributed by atoms with Crippen molar-refractivity contribution in [2.45, 2.75) is 25.9 Å². The minimum absolute atomic E-state index is 0.0471. The van der Waals surface area contributed by atoms with Gasteiger partial charge in [0.1, 0.15) is 5.76 Å². The van der Waals surface area contributed by atoms with Crippen LogP contribution >= 0.6 is 0 Å². The van der Waals surface area contributed by atoms with Gasteiger partial charge in [0.05, 0.1) is 17.7 Å². The SMILES string of the molecule is Cc1c(CN2C(=O)N[C@@](C)(c3ccco3)C2=O)cccc1[N+](=O)[O-]. The lowest BCUT2D eigenvalue weighted by Crippen LogP contribution is -2.40. The van der Waals surface area contributed by atoms with E-state index in [0.29, 0.717) is 16.9 Å². The number of imide groups is 1. The first-order valence-corrected chi connectivity index (χ1v) is 7.25. The molecule has 0 aliphatic carbocycles. The standard InChI is InChI=1S/C16H15N3O5/c1-10-11(5-3-6-12(10)19(22)23)9-18-14(20)16(2,17-15(18)21)13-7-4-8-24-13/h3-8H,9H2,1-2H3,(H,17,21)/t16-/m0/s1. The normalized spacial score (nSPS) is 20.3. The Hall–Kier alpha value is -3.16. The van der Waals surface area contributed by atoms with Gasteiger partial charge in [-0.2, -0.15) is 0 Å². The van der Waals surface area contributed by atoms with Crippen LogP contribution in [0.15, 0.2) is 41.0 Å². The van der Waals surface area contributed by atoms with E-state index in [-0.39, 0.29) is 12.2 Å². The molecule has 2 aromatic rings. The maximum Gasteiger partial charge on any atom is 0.325 e. The van der Waals surface area contributed by atoms with E-state index in [0.717, 1.165) is 4.90 Å². The van der Waals surface area contributed by atoms with E-state index in [9.17, 15) is 19.7 Å². The molecule has 2 heterocycles. The summed E-state index contributed by atoms with van der Waals surface area (Å²) in [5, 5.41) is 13.7. The third kappa shape index (κ3) is 2.32. The summed E-state index contributed by atoms with van der Waals surface area (Å²) in [6.07, 6.45) is 1.42. The lowest BCUT2D eigenvalue weighted by Gasteiger charge is -2.19. The first-order chi connectivity index (χ1) is 11.3. The van der Waals surface area contributed by atoms with Crippen molar-refractivity contribution in [2.24, 2.45) is 0 Å². The van der Waals surface area contributed by atoms with Crippen LogP contribution in [0.25, 0.3) is 0 Å². The van der Waals surface area contributed by atoms with Crippen LogP contribution in [0.5, 0.6) is 0 Å². The molecule has 0 unspecified atom stereocenters. The Morgan fingerprint density at radius 1 is 1.29 bits per heavy atom. The number of nitro benzene ring substituents is 1. The Morgan fingerprint density at radius 2 is 2.04 bits per heavy atom. The second-order valence-electron chi connectivity index (χ2n) is 5.74. The number of rotatable bonds is 4. The Kier molecular flexibility index (Phi) is 3.59. The van der Waals surface area contributed by atoms with Crippen molar-refractivity contribution in [3.05, 3.63) is 63.6 Å². The quantitative estimate of drug-likeness (QED) is 0.527. The number of amides is 3. The molecular formula is C16H15N3O5. The average molecular weight is 329 g/mol. The molecule has 124 valence electrons. The summed E-state index contributed by atoms with van der Waals surface area (Å²) in [7, 11) is 0. The van der Waals surface area contributed by atoms with Gasteiger partial charge in [-0.05, 0) is 31.5 Å². The molecule has 1 N–H and O–H groups in total. The van der Waals surface area contributed by atoms with Gasteiger partial charge in [-0.25, -0.2) is 4.79 Å². The van der Waals surface area contributed by atoms with E-state index in [1.54, 1.807) is 32.0 Å². The van der Waals surface area contributed by atoms with Crippen molar-refractivity contribution in [3.8, 4) is 0 Å². The van der Waals surface area contributed by atoms with Crippen molar-refractivity contribution >= 4 is 17.6 Å². The largest absolute Gasteiger partial charge is 0.466 e. The van der Waals surface area contributed by atoms with Gasteiger partial charge in [0, 0.05) is 11.6 Å². The Bertz CT molecular complexity index is 830. The predicted molar refractivity (Wildman–Crippen MR) is 83.0 cm³/mol. The lowest BCUT2D eigenvalue weighted by atomic mass is 9.99. The summed E-state index contributed by atoms with van der Waals surface area (Å²) >= 11 is 0. The molecule has 1 aromatic heterocycles. The molecule has 1 saturated heterocycles. The summed E-state index contributed by atoms with van der Waals surface area (Å²) in [5.74, 6) is -0.132. The van der Waals surface area contributed by atoms with Gasteiger partial charge in [-0.3, -0.25) is 19.8 Å². The van der Waals surface area contributed by atoms with E-state index in [1.807, 2.05) is 0 Å². The number of urea groups is 1. The van der Waals surface area contributed by atoms with Crippen LogP contribution in [-0.2, 0) is 16.9 Å². The summed E-state index contributed by atoms with van der Waals surface area (Å²) in [4.78, 5) is 36.5. The minimum Gasteiger partial charge on any atom is -0.466 e. The number of nitrogens with one attached hydrogen (secondary N) is 1. The molecular weight excluding hydrogens is 314 g/mol. The molecule has 1 aliphatic heterocycles. The zero-order valence-electron chi connectivity index (χ0n) is 13.1. The van der Waals surface area contributed by atoms with Gasteiger partial charge in [0.15, 0.2) is 5.54 Å². The number of hydrogen-bond acceptors (Lipinski definition) is 5. The molecule has 0 saturated carbocycles. The van der Waals surface area contributed by atoms with E-state index in [1.165, 1.54) is 18.4 Å². The van der Waals surface area contributed by atoms with Crippen LogP contribution in [0.2, 0.25) is 0 Å². The zero-order valence-corrected chi connectivity index (χ0v) is 13.1. The monoisotopic (exact) mass is 329 g/mol. The van der Waals surface area contributed by atoms with Crippen molar-refractivity contribution in [3.63, 3.8) is 0 Å². The van der Waals surface area contributed by atoms with Gasteiger partial charge in [-0.1, -0.05) is 12.1 Å². The molecule has 0 spiro atoms. The summed E-state index contributed by atoms with van der Waals surface area (Å²) < 4.78 is 5.26. The van der Waals surface area contributed by atoms with Gasteiger partial charge >= 0.3 is 6.03 Å². The molecule has 24 heavy (non-hydrogen) atoms. The highest BCUT2D eigenvalue weighted by Gasteiger charge is 2.51. The zero-order chi connectivity index (χ0) is 17.5. The average Bonchev–Trinajstić information content (AvgIpc) is 3.13. The first kappa shape index (κ1) is 15.7. The van der Waals surface area contributed by atoms with Gasteiger partial charge < -0.3 is 9.73 Å². The van der Waals surface area contributed by atoms with Crippen molar-refractivity contribution < 1.29 is 18.9 Å². The Morgan fingerprint density at radius 3 is 2.67 bits per heavy atom. The number of nitrogens with zero attached hydrogens (tertiary/aromatic N) is 2. The van der Waals surface area contributed by atoms with Crippen LogP contribution in [0.3, 0.4) is 0 Å². The topological polar surface area (TPSA) is 106 Å². The second kappa shape index (κ2) is 5.48. The molecule has 3 amide bonds. The molecule has 0 radical (unpaired) electrons. The van der Waals surface area contributed by atoms with Crippen LogP contribution in [0.4, 0.5) is 10.5 Å². The van der Waals surface area contributed by atoms with Crippen LogP contribution in [0, 0.1) is 17.0 Å². The molecule has 1 atom stereocenters. The fraction of sp³-hybridized carbons (Fsp3) is 0.250. The third-order valence-electron chi connectivity index (χ3n) is 4.23. The third-order valence-corrected chi connectivity index (χ3v) is 4.23. The number of nitro groups is 1. The lowest BCUT2D eigenvalue weighted by molar-refractivity contribution is -0.385. The molecule has 1 fully saturated rings. The minimum atomic E-state index is -1.28.